The Bertz CT molecular complexity index is 1460. The Kier molecular flexibility index (Phi) is 8.88. The first-order valence-corrected chi connectivity index (χ1v) is 14.5. The zero-order valence-corrected chi connectivity index (χ0v) is 23.7. The van der Waals surface area contributed by atoms with Gasteiger partial charge in [0, 0.05) is 35.5 Å². The van der Waals surface area contributed by atoms with Gasteiger partial charge in [-0.1, -0.05) is 79.6 Å². The second-order valence-electron chi connectivity index (χ2n) is 11.2. The van der Waals surface area contributed by atoms with Crippen molar-refractivity contribution in [3.63, 3.8) is 0 Å². The first-order valence-electron chi connectivity index (χ1n) is 14.5. The van der Waals surface area contributed by atoms with E-state index in [2.05, 4.69) is 46.5 Å². The van der Waals surface area contributed by atoms with Crippen LogP contribution in [0.4, 0.5) is 0 Å². The topological polar surface area (TPSA) is 92.2 Å². The van der Waals surface area contributed by atoms with Crippen molar-refractivity contribution in [3.05, 3.63) is 107 Å². The normalized spacial score (nSPS) is 17.5. The molecule has 0 radical (unpaired) electrons. The lowest BCUT2D eigenvalue weighted by Gasteiger charge is -2.28. The fourth-order valence-electron chi connectivity index (χ4n) is 5.65. The van der Waals surface area contributed by atoms with Gasteiger partial charge < -0.3 is 10.4 Å². The molecule has 6 nitrogen and oxygen atoms in total. The lowest BCUT2D eigenvalue weighted by Crippen LogP contribution is -2.42. The van der Waals surface area contributed by atoms with Gasteiger partial charge in [0.15, 0.2) is 5.82 Å². The van der Waals surface area contributed by atoms with Crippen LogP contribution in [0.5, 0.6) is 0 Å². The first kappa shape index (κ1) is 28.2. The summed E-state index contributed by atoms with van der Waals surface area (Å²) in [6.07, 6.45) is 10.4. The first-order chi connectivity index (χ1) is 19.9. The van der Waals surface area contributed by atoms with Crippen molar-refractivity contribution < 1.29 is 14.7 Å². The van der Waals surface area contributed by atoms with Crippen molar-refractivity contribution in [2.24, 2.45) is 5.92 Å². The lowest BCUT2D eigenvalue weighted by molar-refractivity contribution is -0.139. The highest BCUT2D eigenvalue weighted by Gasteiger charge is 2.22. The van der Waals surface area contributed by atoms with E-state index in [1.54, 1.807) is 12.1 Å². The van der Waals surface area contributed by atoms with Crippen molar-refractivity contribution in [2.75, 3.05) is 0 Å². The Morgan fingerprint density at radius 3 is 2.02 bits per heavy atom. The molecule has 0 unspecified atom stereocenters. The van der Waals surface area contributed by atoms with E-state index in [1.165, 1.54) is 37.7 Å². The summed E-state index contributed by atoms with van der Waals surface area (Å²) in [7, 11) is 0. The lowest BCUT2D eigenvalue weighted by atomic mass is 9.78. The predicted molar refractivity (Wildman–Crippen MR) is 162 cm³/mol. The molecule has 2 N–H and O–H groups in total. The Morgan fingerprint density at radius 2 is 1.44 bits per heavy atom. The molecule has 0 saturated heterocycles. The third kappa shape index (κ3) is 7.07. The van der Waals surface area contributed by atoms with Gasteiger partial charge in [-0.05, 0) is 73.3 Å². The average molecular weight is 548 g/mol. The molecule has 210 valence electrons. The van der Waals surface area contributed by atoms with Crippen LogP contribution in [-0.4, -0.2) is 33.0 Å². The van der Waals surface area contributed by atoms with E-state index in [0.717, 1.165) is 33.7 Å². The molecule has 1 fully saturated rings. The molecule has 0 aliphatic heterocycles. The summed E-state index contributed by atoms with van der Waals surface area (Å²) in [6, 6.07) is 22.3. The SMILES string of the molecule is CC[C@H]1CC[C@H](c2ccc(-c3cnc(-c4ccc(C[C@H](NC(=O)c5ccc(C)cc5)C(=O)O)cc4)nc3)cc2)CC1. The summed E-state index contributed by atoms with van der Waals surface area (Å²) in [6.45, 7) is 4.23. The summed E-state index contributed by atoms with van der Waals surface area (Å²) in [5.41, 5.74) is 6.61. The Labute approximate surface area is 241 Å². The van der Waals surface area contributed by atoms with Gasteiger partial charge in [0.1, 0.15) is 6.04 Å². The molecule has 1 heterocycles. The highest BCUT2D eigenvalue weighted by atomic mass is 16.4. The average Bonchev–Trinajstić information content (AvgIpc) is 3.01. The van der Waals surface area contributed by atoms with E-state index >= 15 is 0 Å². The molecule has 4 aromatic rings. The molecule has 1 atom stereocenters. The monoisotopic (exact) mass is 547 g/mol. The van der Waals surface area contributed by atoms with Crippen LogP contribution in [0.25, 0.3) is 22.5 Å². The maximum absolute atomic E-state index is 12.5. The molecule has 1 aromatic heterocycles. The minimum absolute atomic E-state index is 0.170. The summed E-state index contributed by atoms with van der Waals surface area (Å²) in [4.78, 5) is 33.6. The molecule has 1 saturated carbocycles. The van der Waals surface area contributed by atoms with Crippen LogP contribution >= 0.6 is 0 Å². The van der Waals surface area contributed by atoms with E-state index in [1.807, 2.05) is 55.7 Å². The van der Waals surface area contributed by atoms with Gasteiger partial charge in [0.05, 0.1) is 0 Å². The molecule has 6 heteroatoms. The number of carboxylic acid groups (broad SMARTS) is 1. The van der Waals surface area contributed by atoms with E-state index in [9.17, 15) is 14.7 Å². The molecule has 1 aliphatic carbocycles. The van der Waals surface area contributed by atoms with Gasteiger partial charge >= 0.3 is 5.97 Å². The number of aliphatic carboxylic acids is 1. The number of hydrogen-bond donors (Lipinski definition) is 2. The van der Waals surface area contributed by atoms with Crippen LogP contribution in [-0.2, 0) is 11.2 Å². The maximum atomic E-state index is 12.5. The smallest absolute Gasteiger partial charge is 0.326 e. The summed E-state index contributed by atoms with van der Waals surface area (Å²) in [5, 5.41) is 12.3. The number of nitrogens with one attached hydrogen (secondary N) is 1. The maximum Gasteiger partial charge on any atom is 0.326 e. The number of benzene rings is 3. The Hall–Kier alpha value is -4.32. The molecule has 1 amide bonds. The second kappa shape index (κ2) is 12.9. The minimum Gasteiger partial charge on any atom is -0.480 e. The number of rotatable bonds is 9. The van der Waals surface area contributed by atoms with Crippen LogP contribution in [0.15, 0.2) is 85.2 Å². The molecule has 0 spiro atoms. The van der Waals surface area contributed by atoms with Crippen LogP contribution in [0.1, 0.15) is 72.0 Å². The number of aromatic nitrogens is 2. The number of amides is 1. The quantitative estimate of drug-likeness (QED) is 0.231. The number of carbonyl (C=O) groups excluding carboxylic acids is 1. The van der Waals surface area contributed by atoms with Gasteiger partial charge in [-0.3, -0.25) is 4.79 Å². The van der Waals surface area contributed by atoms with Gasteiger partial charge in [0.25, 0.3) is 5.91 Å². The van der Waals surface area contributed by atoms with Crippen molar-refractivity contribution >= 4 is 11.9 Å². The largest absolute Gasteiger partial charge is 0.480 e. The highest BCUT2D eigenvalue weighted by molar-refractivity contribution is 5.96. The molecule has 3 aromatic carbocycles. The predicted octanol–water partition coefficient (Wildman–Crippen LogP) is 7.23. The highest BCUT2D eigenvalue weighted by Crippen LogP contribution is 2.37. The van der Waals surface area contributed by atoms with E-state index in [0.29, 0.717) is 17.3 Å². The molecule has 1 aliphatic rings. The second-order valence-corrected chi connectivity index (χ2v) is 11.2. The Morgan fingerprint density at radius 1 is 0.829 bits per heavy atom. The van der Waals surface area contributed by atoms with Crippen LogP contribution in [0, 0.1) is 12.8 Å². The van der Waals surface area contributed by atoms with Gasteiger partial charge in [0.2, 0.25) is 0 Å². The Balaban J connectivity index is 1.20. The standard InChI is InChI=1S/C35H37N3O3/c1-3-24-6-12-26(13-7-24)27-16-18-28(19-17-27)31-21-36-33(37-22-31)29-14-8-25(9-15-29)20-32(35(40)41)38-34(39)30-10-4-23(2)5-11-30/h4-5,8-11,14-19,21-22,24,26,32H,3,6-7,12-13,20H2,1-2H3,(H,38,39)(H,40,41)/t24-,26-,32-/m0/s1. The molecular formula is C35H37N3O3. The van der Waals surface area contributed by atoms with E-state index in [-0.39, 0.29) is 6.42 Å². The van der Waals surface area contributed by atoms with E-state index in [4.69, 9.17) is 0 Å². The zero-order valence-electron chi connectivity index (χ0n) is 23.7. The summed E-state index contributed by atoms with van der Waals surface area (Å²) in [5.74, 6) is 0.688. The molecular weight excluding hydrogens is 510 g/mol. The third-order valence-corrected chi connectivity index (χ3v) is 8.36. The molecule has 5 rings (SSSR count). The number of aryl methyl sites for hydroxylation is 1. The molecule has 41 heavy (non-hydrogen) atoms. The van der Waals surface area contributed by atoms with Crippen LogP contribution < -0.4 is 5.32 Å². The fraction of sp³-hybridized carbons (Fsp3) is 0.314. The minimum atomic E-state index is -1.08. The number of hydrogen-bond acceptors (Lipinski definition) is 4. The number of nitrogens with zero attached hydrogens (tertiary/aromatic N) is 2. The zero-order chi connectivity index (χ0) is 28.8. The van der Waals surface area contributed by atoms with Gasteiger partial charge in [-0.15, -0.1) is 0 Å². The van der Waals surface area contributed by atoms with Crippen molar-refractivity contribution in [3.8, 4) is 22.5 Å². The van der Waals surface area contributed by atoms with E-state index < -0.39 is 17.9 Å². The van der Waals surface area contributed by atoms with Gasteiger partial charge in [-0.2, -0.15) is 0 Å². The van der Waals surface area contributed by atoms with Gasteiger partial charge in [-0.25, -0.2) is 14.8 Å². The van der Waals surface area contributed by atoms with Crippen molar-refractivity contribution in [1.29, 1.82) is 0 Å². The summed E-state index contributed by atoms with van der Waals surface area (Å²) < 4.78 is 0. The van der Waals surface area contributed by atoms with Crippen LogP contribution in [0.3, 0.4) is 0 Å². The number of carbonyl (C=O) groups is 2. The summed E-state index contributed by atoms with van der Waals surface area (Å²) >= 11 is 0. The molecule has 0 bridgehead atoms. The third-order valence-electron chi connectivity index (χ3n) is 8.36. The van der Waals surface area contributed by atoms with Crippen LogP contribution in [0.2, 0.25) is 0 Å². The fourth-order valence-corrected chi connectivity index (χ4v) is 5.65. The number of carboxylic acids is 1. The van der Waals surface area contributed by atoms with Crippen molar-refractivity contribution in [2.45, 2.75) is 64.3 Å². The van der Waals surface area contributed by atoms with Crippen molar-refractivity contribution in [1.82, 2.24) is 15.3 Å².